The van der Waals surface area contributed by atoms with Crippen molar-refractivity contribution in [3.05, 3.63) is 51.4 Å². The van der Waals surface area contributed by atoms with Gasteiger partial charge in [-0.25, -0.2) is 9.97 Å². The molecule has 2 aromatic rings. The van der Waals surface area contributed by atoms with Crippen molar-refractivity contribution in [1.29, 1.82) is 0 Å². The minimum Gasteiger partial charge on any atom is -0.384 e. The summed E-state index contributed by atoms with van der Waals surface area (Å²) in [6.45, 7) is 4.30. The van der Waals surface area contributed by atoms with Gasteiger partial charge in [-0.2, -0.15) is 0 Å². The number of hydrogen-bond donors (Lipinski definition) is 1. The molecule has 20 heavy (non-hydrogen) atoms. The lowest BCUT2D eigenvalue weighted by atomic mass is 10.1. The van der Waals surface area contributed by atoms with E-state index in [-0.39, 0.29) is 0 Å². The van der Waals surface area contributed by atoms with Crippen LogP contribution in [0.15, 0.2) is 24.3 Å². The molecule has 0 saturated carbocycles. The summed E-state index contributed by atoms with van der Waals surface area (Å²) in [5.74, 6) is 1.74. The largest absolute Gasteiger partial charge is 0.384 e. The monoisotopic (exact) mass is 309 g/mol. The van der Waals surface area contributed by atoms with Crippen LogP contribution in [0.3, 0.4) is 0 Å². The maximum Gasteiger partial charge on any atom is 0.135 e. The second kappa shape index (κ2) is 6.42. The predicted octanol–water partition coefficient (Wildman–Crippen LogP) is 4.15. The van der Waals surface area contributed by atoms with Crippen molar-refractivity contribution in [2.45, 2.75) is 26.7 Å². The fraction of sp³-hybridized carbons (Fsp3) is 0.333. The molecule has 0 aliphatic carbocycles. The van der Waals surface area contributed by atoms with Crippen LogP contribution in [0.25, 0.3) is 0 Å². The fourth-order valence-electron chi connectivity index (χ4n) is 2.01. The van der Waals surface area contributed by atoms with Crippen LogP contribution >= 0.6 is 23.2 Å². The van der Waals surface area contributed by atoms with E-state index in [1.165, 1.54) is 0 Å². The maximum atomic E-state index is 6.01. The Morgan fingerprint density at radius 2 is 1.85 bits per heavy atom. The number of aromatic nitrogens is 2. The van der Waals surface area contributed by atoms with E-state index in [4.69, 9.17) is 28.9 Å². The lowest BCUT2D eigenvalue weighted by molar-refractivity contribution is 0.631. The van der Waals surface area contributed by atoms with Crippen molar-refractivity contribution in [1.82, 2.24) is 9.97 Å². The Labute approximate surface area is 129 Å². The number of nitrogens with two attached hydrogens (primary N) is 1. The first-order chi connectivity index (χ1) is 9.44. The van der Waals surface area contributed by atoms with Gasteiger partial charge in [-0.05, 0) is 30.0 Å². The summed E-state index contributed by atoms with van der Waals surface area (Å²) in [6, 6.07) is 7.36. The van der Waals surface area contributed by atoms with Crippen LogP contribution in [-0.2, 0) is 12.8 Å². The molecule has 106 valence electrons. The summed E-state index contributed by atoms with van der Waals surface area (Å²) < 4.78 is 0. The molecule has 0 radical (unpaired) electrons. The zero-order chi connectivity index (χ0) is 14.7. The lowest BCUT2D eigenvalue weighted by Crippen LogP contribution is -2.06. The molecule has 0 saturated heterocycles. The number of halogens is 2. The third-order valence-electron chi connectivity index (χ3n) is 2.81. The molecule has 1 aromatic heterocycles. The van der Waals surface area contributed by atoms with E-state index in [1.54, 1.807) is 6.07 Å². The van der Waals surface area contributed by atoms with Gasteiger partial charge in [0, 0.05) is 18.2 Å². The van der Waals surface area contributed by atoms with Crippen molar-refractivity contribution in [3.8, 4) is 0 Å². The highest BCUT2D eigenvalue weighted by molar-refractivity contribution is 6.42. The molecule has 5 heteroatoms. The van der Waals surface area contributed by atoms with Crippen molar-refractivity contribution < 1.29 is 0 Å². The smallest absolute Gasteiger partial charge is 0.135 e. The molecule has 2 rings (SSSR count). The van der Waals surface area contributed by atoms with Crippen LogP contribution in [0.5, 0.6) is 0 Å². The molecule has 2 N–H and O–H groups in total. The van der Waals surface area contributed by atoms with E-state index in [0.29, 0.717) is 34.0 Å². The number of hydrogen-bond acceptors (Lipinski definition) is 3. The van der Waals surface area contributed by atoms with Crippen molar-refractivity contribution in [3.63, 3.8) is 0 Å². The van der Waals surface area contributed by atoms with E-state index in [9.17, 15) is 0 Å². The van der Waals surface area contributed by atoms with Crippen LogP contribution in [0.1, 0.15) is 30.9 Å². The number of nitrogens with zero attached hydrogens (tertiary/aromatic N) is 2. The summed E-state index contributed by atoms with van der Waals surface area (Å²) in [6.07, 6.45) is 1.48. The Hall–Kier alpha value is -1.32. The normalized spacial score (nSPS) is 11.1. The van der Waals surface area contributed by atoms with E-state index in [1.807, 2.05) is 18.2 Å². The second-order valence-electron chi connectivity index (χ2n) is 5.22. The van der Waals surface area contributed by atoms with Crippen molar-refractivity contribution in [2.75, 3.05) is 5.73 Å². The van der Waals surface area contributed by atoms with Gasteiger partial charge >= 0.3 is 0 Å². The number of rotatable bonds is 4. The first-order valence-electron chi connectivity index (χ1n) is 6.50. The third-order valence-corrected chi connectivity index (χ3v) is 3.55. The third kappa shape index (κ3) is 4.09. The Bertz CT molecular complexity index is 612. The Kier molecular flexibility index (Phi) is 4.84. The Morgan fingerprint density at radius 3 is 2.50 bits per heavy atom. The van der Waals surface area contributed by atoms with Gasteiger partial charge < -0.3 is 5.73 Å². The van der Waals surface area contributed by atoms with Gasteiger partial charge in [-0.3, -0.25) is 0 Å². The zero-order valence-corrected chi connectivity index (χ0v) is 13.0. The average molecular weight is 310 g/mol. The SMILES string of the molecule is CC(C)Cc1cc(N)nc(Cc2ccc(Cl)c(Cl)c2)n1. The average Bonchev–Trinajstić information content (AvgIpc) is 2.32. The summed E-state index contributed by atoms with van der Waals surface area (Å²) in [5.41, 5.74) is 7.83. The van der Waals surface area contributed by atoms with Crippen LogP contribution in [0.4, 0.5) is 5.82 Å². The van der Waals surface area contributed by atoms with E-state index in [2.05, 4.69) is 23.8 Å². The summed E-state index contributed by atoms with van der Waals surface area (Å²) in [7, 11) is 0. The number of anilines is 1. The summed E-state index contributed by atoms with van der Waals surface area (Å²) in [4.78, 5) is 8.83. The lowest BCUT2D eigenvalue weighted by Gasteiger charge is -2.08. The highest BCUT2D eigenvalue weighted by atomic mass is 35.5. The Balaban J connectivity index is 2.24. The number of nitrogen functional groups attached to an aromatic ring is 1. The highest BCUT2D eigenvalue weighted by Crippen LogP contribution is 2.23. The van der Waals surface area contributed by atoms with E-state index in [0.717, 1.165) is 17.7 Å². The molecule has 3 nitrogen and oxygen atoms in total. The van der Waals surface area contributed by atoms with Crippen LogP contribution in [0.2, 0.25) is 10.0 Å². The van der Waals surface area contributed by atoms with Gasteiger partial charge in [0.2, 0.25) is 0 Å². The van der Waals surface area contributed by atoms with Crippen molar-refractivity contribution in [2.24, 2.45) is 5.92 Å². The van der Waals surface area contributed by atoms with Gasteiger partial charge in [0.15, 0.2) is 0 Å². The first kappa shape index (κ1) is 15.1. The molecule has 0 aliphatic rings. The fourth-order valence-corrected chi connectivity index (χ4v) is 2.33. The molecule has 0 atom stereocenters. The molecule has 0 unspecified atom stereocenters. The molecular formula is C15H17Cl2N3. The maximum absolute atomic E-state index is 6.01. The van der Waals surface area contributed by atoms with Gasteiger partial charge in [0.1, 0.15) is 11.6 Å². The van der Waals surface area contributed by atoms with Gasteiger partial charge in [0.25, 0.3) is 0 Å². The van der Waals surface area contributed by atoms with Crippen LogP contribution < -0.4 is 5.73 Å². The molecule has 0 bridgehead atoms. The van der Waals surface area contributed by atoms with Crippen molar-refractivity contribution >= 4 is 29.0 Å². The topological polar surface area (TPSA) is 51.8 Å². The first-order valence-corrected chi connectivity index (χ1v) is 7.26. The minimum absolute atomic E-state index is 0.505. The Morgan fingerprint density at radius 1 is 1.10 bits per heavy atom. The molecular weight excluding hydrogens is 293 g/mol. The number of benzene rings is 1. The van der Waals surface area contributed by atoms with Crippen LogP contribution in [-0.4, -0.2) is 9.97 Å². The van der Waals surface area contributed by atoms with E-state index < -0.39 is 0 Å². The van der Waals surface area contributed by atoms with Crippen LogP contribution in [0, 0.1) is 5.92 Å². The molecule has 0 aliphatic heterocycles. The molecule has 0 amide bonds. The summed E-state index contributed by atoms with van der Waals surface area (Å²) >= 11 is 11.9. The summed E-state index contributed by atoms with van der Waals surface area (Å²) in [5, 5.41) is 1.08. The zero-order valence-electron chi connectivity index (χ0n) is 11.5. The quantitative estimate of drug-likeness (QED) is 0.922. The highest BCUT2D eigenvalue weighted by Gasteiger charge is 2.07. The van der Waals surface area contributed by atoms with Gasteiger partial charge in [0.05, 0.1) is 10.0 Å². The standard InChI is InChI=1S/C15H17Cl2N3/c1-9(2)5-11-8-14(18)20-15(19-11)7-10-3-4-12(16)13(17)6-10/h3-4,6,8-9H,5,7H2,1-2H3,(H2,18,19,20). The predicted molar refractivity (Wildman–Crippen MR) is 84.3 cm³/mol. The second-order valence-corrected chi connectivity index (χ2v) is 6.04. The van der Waals surface area contributed by atoms with E-state index >= 15 is 0 Å². The van der Waals surface area contributed by atoms with Gasteiger partial charge in [-0.1, -0.05) is 43.1 Å². The molecule has 1 heterocycles. The molecule has 1 aromatic carbocycles. The molecule has 0 spiro atoms. The van der Waals surface area contributed by atoms with Gasteiger partial charge in [-0.15, -0.1) is 0 Å². The molecule has 0 fully saturated rings. The minimum atomic E-state index is 0.505.